The molecule has 0 radical (unpaired) electrons. The fourth-order valence-corrected chi connectivity index (χ4v) is 4.12. The Morgan fingerprint density at radius 1 is 1.17 bits per heavy atom. The highest BCUT2D eigenvalue weighted by Gasteiger charge is 2.35. The Balaban J connectivity index is 1.31. The first kappa shape index (κ1) is 20.3. The van der Waals surface area contributed by atoms with Gasteiger partial charge in [-0.1, -0.05) is 6.07 Å². The average molecular weight is 416 g/mol. The van der Waals surface area contributed by atoms with Crippen molar-refractivity contribution in [2.45, 2.75) is 44.1 Å². The summed E-state index contributed by atoms with van der Waals surface area (Å²) in [4.78, 5) is 26.2. The highest BCUT2D eigenvalue weighted by Crippen LogP contribution is 2.36. The van der Waals surface area contributed by atoms with E-state index in [-0.39, 0.29) is 18.2 Å². The van der Waals surface area contributed by atoms with Crippen LogP contribution in [0, 0.1) is 17.6 Å². The summed E-state index contributed by atoms with van der Waals surface area (Å²) in [5.74, 6) is -2.36. The predicted molar refractivity (Wildman–Crippen MR) is 107 cm³/mol. The third-order valence-corrected chi connectivity index (χ3v) is 5.74. The van der Waals surface area contributed by atoms with Gasteiger partial charge < -0.3 is 14.8 Å². The number of amides is 1. The topological polar surface area (TPSA) is 95.3 Å². The van der Waals surface area contributed by atoms with E-state index >= 15 is 0 Å². The van der Waals surface area contributed by atoms with Gasteiger partial charge in [-0.05, 0) is 67.9 Å². The molecule has 158 valence electrons. The van der Waals surface area contributed by atoms with Gasteiger partial charge in [-0.25, -0.2) is 13.6 Å². The zero-order chi connectivity index (χ0) is 21.3. The van der Waals surface area contributed by atoms with Gasteiger partial charge in [0.2, 0.25) is 5.91 Å². The number of hydrogen-bond donors (Lipinski definition) is 3. The van der Waals surface area contributed by atoms with E-state index in [9.17, 15) is 23.5 Å². The first-order valence-corrected chi connectivity index (χ1v) is 9.89. The molecule has 30 heavy (non-hydrogen) atoms. The van der Waals surface area contributed by atoms with Crippen molar-refractivity contribution in [3.8, 4) is 0 Å². The molecule has 1 aromatic heterocycles. The molecule has 0 spiro atoms. The summed E-state index contributed by atoms with van der Waals surface area (Å²) in [5.41, 5.74) is 0.990. The Labute approximate surface area is 170 Å². The molecular formula is C22H22F2N2O4. The fraction of sp³-hybridized carbons (Fsp3) is 0.364. The van der Waals surface area contributed by atoms with Crippen molar-refractivity contribution in [3.63, 3.8) is 0 Å². The predicted octanol–water partition coefficient (Wildman–Crippen LogP) is 3.89. The Kier molecular flexibility index (Phi) is 5.42. The lowest BCUT2D eigenvalue weighted by Gasteiger charge is -2.35. The average Bonchev–Trinajstić information content (AvgIpc) is 3.06. The van der Waals surface area contributed by atoms with E-state index in [0.29, 0.717) is 48.9 Å². The van der Waals surface area contributed by atoms with E-state index < -0.39 is 23.0 Å². The van der Waals surface area contributed by atoms with Gasteiger partial charge in [-0.3, -0.25) is 9.78 Å². The number of halogens is 2. The summed E-state index contributed by atoms with van der Waals surface area (Å²) < 4.78 is 31.4. The lowest BCUT2D eigenvalue weighted by molar-refractivity contribution is -0.122. The molecule has 1 amide bonds. The normalized spacial score (nSPS) is 21.6. The molecule has 8 heteroatoms. The molecule has 6 nitrogen and oxygen atoms in total. The maximum absolute atomic E-state index is 13.4. The van der Waals surface area contributed by atoms with Crippen molar-refractivity contribution in [2.75, 3.05) is 5.32 Å². The standard InChI is InChI=1S/C22H22F2N2O4/c23-16-3-1-14(10-17(16)24)9-13-5-7-22(29,8-6-13)12-20(27)25-15-2-4-18-19(11-15)30-21(28)26-18/h1-4,10-11,13,29H,5-9,12H2,(H,25,27)(H,26,28). The maximum Gasteiger partial charge on any atom is 0.417 e. The summed E-state index contributed by atoms with van der Waals surface area (Å²) in [5, 5.41) is 13.6. The maximum atomic E-state index is 13.4. The monoisotopic (exact) mass is 416 g/mol. The number of hydrogen-bond acceptors (Lipinski definition) is 4. The molecule has 1 saturated carbocycles. The Hall–Kier alpha value is -3.00. The Bertz CT molecular complexity index is 1130. The van der Waals surface area contributed by atoms with Gasteiger partial charge in [0.1, 0.15) is 0 Å². The largest absolute Gasteiger partial charge is 0.417 e. The van der Waals surface area contributed by atoms with E-state index in [2.05, 4.69) is 10.3 Å². The van der Waals surface area contributed by atoms with Gasteiger partial charge in [-0.15, -0.1) is 0 Å². The first-order chi connectivity index (χ1) is 14.3. The van der Waals surface area contributed by atoms with Gasteiger partial charge in [0.25, 0.3) is 0 Å². The van der Waals surface area contributed by atoms with Gasteiger partial charge in [0, 0.05) is 11.8 Å². The van der Waals surface area contributed by atoms with Gasteiger partial charge in [-0.2, -0.15) is 0 Å². The molecule has 0 atom stereocenters. The number of oxazole rings is 1. The molecule has 2 aromatic carbocycles. The number of fused-ring (bicyclic) bond motifs is 1. The van der Waals surface area contributed by atoms with Crippen molar-refractivity contribution in [2.24, 2.45) is 5.92 Å². The number of anilines is 1. The second-order valence-electron chi connectivity index (χ2n) is 8.07. The molecule has 4 rings (SSSR count). The second kappa shape index (κ2) is 8.02. The molecule has 3 N–H and O–H groups in total. The Morgan fingerprint density at radius 2 is 1.93 bits per heavy atom. The van der Waals surface area contributed by atoms with Crippen LogP contribution in [0.1, 0.15) is 37.7 Å². The number of H-pyrrole nitrogens is 1. The molecule has 1 aliphatic carbocycles. The summed E-state index contributed by atoms with van der Waals surface area (Å²) in [6.07, 6.45) is 2.88. The molecule has 0 unspecified atom stereocenters. The minimum atomic E-state index is -1.10. The lowest BCUT2D eigenvalue weighted by atomic mass is 9.75. The highest BCUT2D eigenvalue weighted by atomic mass is 19.2. The van der Waals surface area contributed by atoms with Crippen LogP contribution in [-0.4, -0.2) is 21.6 Å². The molecule has 0 bridgehead atoms. The third-order valence-electron chi connectivity index (χ3n) is 5.74. The van der Waals surface area contributed by atoms with Gasteiger partial charge in [0.15, 0.2) is 17.2 Å². The first-order valence-electron chi connectivity index (χ1n) is 9.89. The van der Waals surface area contributed by atoms with Crippen LogP contribution < -0.4 is 11.1 Å². The summed E-state index contributed by atoms with van der Waals surface area (Å²) in [6.45, 7) is 0. The van der Waals surface area contributed by atoms with Gasteiger partial charge in [0.05, 0.1) is 17.5 Å². The SMILES string of the molecule is O=C(CC1(O)CCC(Cc2ccc(F)c(F)c2)CC1)Nc1ccc2[nH]c(=O)oc2c1. The zero-order valence-electron chi connectivity index (χ0n) is 16.2. The van der Waals surface area contributed by atoms with Crippen LogP contribution >= 0.6 is 0 Å². The molecule has 1 fully saturated rings. The van der Waals surface area contributed by atoms with Crippen molar-refractivity contribution in [3.05, 3.63) is 64.1 Å². The number of nitrogens with one attached hydrogen (secondary N) is 2. The third kappa shape index (κ3) is 4.59. The smallest absolute Gasteiger partial charge is 0.408 e. The van der Waals surface area contributed by atoms with Crippen LogP contribution in [0.2, 0.25) is 0 Å². The van der Waals surface area contributed by atoms with E-state index in [4.69, 9.17) is 4.42 Å². The van der Waals surface area contributed by atoms with Crippen molar-refractivity contribution in [1.29, 1.82) is 0 Å². The minimum Gasteiger partial charge on any atom is -0.408 e. The number of aliphatic hydroxyl groups is 1. The van der Waals surface area contributed by atoms with E-state index in [1.807, 2.05) is 0 Å². The van der Waals surface area contributed by atoms with Crippen LogP contribution in [0.25, 0.3) is 11.1 Å². The van der Waals surface area contributed by atoms with Crippen LogP contribution in [-0.2, 0) is 11.2 Å². The van der Waals surface area contributed by atoms with E-state index in [1.54, 1.807) is 24.3 Å². The number of aromatic nitrogens is 1. The molecule has 1 aliphatic rings. The number of carbonyl (C=O) groups is 1. The number of rotatable bonds is 5. The highest BCUT2D eigenvalue weighted by molar-refractivity contribution is 5.93. The molecular weight excluding hydrogens is 394 g/mol. The minimum absolute atomic E-state index is 0.0416. The molecule has 1 heterocycles. The van der Waals surface area contributed by atoms with Crippen LogP contribution in [0.15, 0.2) is 45.6 Å². The lowest BCUT2D eigenvalue weighted by Crippen LogP contribution is -2.38. The number of aromatic amines is 1. The second-order valence-corrected chi connectivity index (χ2v) is 8.07. The van der Waals surface area contributed by atoms with E-state index in [1.165, 1.54) is 6.07 Å². The quantitative estimate of drug-likeness (QED) is 0.588. The number of carbonyl (C=O) groups excluding carboxylic acids is 1. The summed E-state index contributed by atoms with van der Waals surface area (Å²) in [7, 11) is 0. The summed E-state index contributed by atoms with van der Waals surface area (Å²) in [6, 6.07) is 8.75. The number of benzene rings is 2. The Morgan fingerprint density at radius 3 is 2.67 bits per heavy atom. The molecule has 3 aromatic rings. The molecule has 0 aliphatic heterocycles. The van der Waals surface area contributed by atoms with Crippen molar-refractivity contribution in [1.82, 2.24) is 4.98 Å². The van der Waals surface area contributed by atoms with Gasteiger partial charge >= 0.3 is 5.76 Å². The van der Waals surface area contributed by atoms with Crippen molar-refractivity contribution < 1.29 is 23.1 Å². The fourth-order valence-electron chi connectivity index (χ4n) is 4.12. The van der Waals surface area contributed by atoms with E-state index in [0.717, 1.165) is 11.6 Å². The van der Waals surface area contributed by atoms with Crippen LogP contribution in [0.4, 0.5) is 14.5 Å². The van der Waals surface area contributed by atoms with Crippen LogP contribution in [0.3, 0.4) is 0 Å². The molecule has 0 saturated heterocycles. The van der Waals surface area contributed by atoms with Crippen LogP contribution in [0.5, 0.6) is 0 Å². The zero-order valence-corrected chi connectivity index (χ0v) is 16.2. The van der Waals surface area contributed by atoms with Crippen molar-refractivity contribution >= 4 is 22.7 Å². The summed E-state index contributed by atoms with van der Waals surface area (Å²) >= 11 is 0.